The second-order valence-electron chi connectivity index (χ2n) is 7.47. The number of fused-ring (bicyclic) bond motifs is 2. The van der Waals surface area contributed by atoms with Crippen molar-refractivity contribution in [3.63, 3.8) is 0 Å². The third-order valence-corrected chi connectivity index (χ3v) is 5.19. The maximum Gasteiger partial charge on any atom is 0.343 e. The zero-order valence-electron chi connectivity index (χ0n) is 18.6. The summed E-state index contributed by atoms with van der Waals surface area (Å²) in [5.41, 5.74) is 3.35. The monoisotopic (exact) mass is 476 g/mol. The molecule has 2 aliphatic rings. The number of rotatable bonds is 6. The van der Waals surface area contributed by atoms with E-state index in [0.717, 1.165) is 0 Å². The van der Waals surface area contributed by atoms with Crippen LogP contribution >= 0.6 is 0 Å². The quantitative estimate of drug-likeness (QED) is 0.250. The number of nitrogens with one attached hydrogen (secondary N) is 1. The van der Waals surface area contributed by atoms with E-state index in [1.807, 2.05) is 6.07 Å². The number of nitrogens with zero attached hydrogens (tertiary/aromatic N) is 1. The molecule has 2 aliphatic heterocycles. The van der Waals surface area contributed by atoms with Crippen molar-refractivity contribution in [1.29, 1.82) is 0 Å². The van der Waals surface area contributed by atoms with E-state index in [1.165, 1.54) is 13.3 Å². The van der Waals surface area contributed by atoms with Crippen LogP contribution in [0.3, 0.4) is 0 Å². The summed E-state index contributed by atoms with van der Waals surface area (Å²) < 4.78 is 32.6. The highest BCUT2D eigenvalue weighted by Gasteiger charge is 2.27. The molecule has 0 saturated carbocycles. The fraction of sp³-hybridized carbons (Fsp3) is 0.160. The summed E-state index contributed by atoms with van der Waals surface area (Å²) >= 11 is 0. The molecule has 0 aliphatic carbocycles. The summed E-state index contributed by atoms with van der Waals surface area (Å²) in [7, 11) is 1.45. The van der Waals surface area contributed by atoms with E-state index in [4.69, 9.17) is 28.4 Å². The van der Waals surface area contributed by atoms with E-state index in [0.29, 0.717) is 39.9 Å². The average molecular weight is 476 g/mol. The van der Waals surface area contributed by atoms with Crippen LogP contribution in [-0.2, 0) is 4.79 Å². The lowest BCUT2D eigenvalue weighted by Crippen LogP contribution is -2.42. The van der Waals surface area contributed by atoms with E-state index in [1.54, 1.807) is 54.6 Å². The van der Waals surface area contributed by atoms with Crippen LogP contribution in [0, 0.1) is 0 Å². The summed E-state index contributed by atoms with van der Waals surface area (Å²) in [6.45, 7) is 0.191. The molecule has 3 aromatic rings. The summed E-state index contributed by atoms with van der Waals surface area (Å²) in [5, 5.41) is 3.97. The maximum absolute atomic E-state index is 12.6. The van der Waals surface area contributed by atoms with Crippen molar-refractivity contribution in [2.24, 2.45) is 5.10 Å². The molecule has 0 radical (unpaired) electrons. The maximum atomic E-state index is 12.6. The Morgan fingerprint density at radius 2 is 1.74 bits per heavy atom. The van der Waals surface area contributed by atoms with Crippen molar-refractivity contribution in [1.82, 2.24) is 5.43 Å². The van der Waals surface area contributed by atoms with Gasteiger partial charge in [0.2, 0.25) is 12.9 Å². The van der Waals surface area contributed by atoms with Gasteiger partial charge in [0.05, 0.1) is 18.9 Å². The molecule has 1 atom stereocenters. The third-order valence-electron chi connectivity index (χ3n) is 5.19. The molecule has 2 heterocycles. The molecular formula is C25H20N2O8. The van der Waals surface area contributed by atoms with E-state index in [-0.39, 0.29) is 19.1 Å². The molecule has 0 fully saturated rings. The van der Waals surface area contributed by atoms with Gasteiger partial charge in [-0.1, -0.05) is 12.1 Å². The fourth-order valence-electron chi connectivity index (χ4n) is 3.42. The largest absolute Gasteiger partial charge is 0.493 e. The summed E-state index contributed by atoms with van der Waals surface area (Å²) in [6, 6.07) is 16.8. The van der Waals surface area contributed by atoms with Crippen LogP contribution in [0.2, 0.25) is 0 Å². The van der Waals surface area contributed by atoms with Gasteiger partial charge in [-0.25, -0.2) is 10.2 Å². The molecule has 1 amide bonds. The van der Waals surface area contributed by atoms with E-state index < -0.39 is 18.0 Å². The number of carbonyl (C=O) groups is 2. The van der Waals surface area contributed by atoms with Gasteiger partial charge < -0.3 is 28.4 Å². The van der Waals surface area contributed by atoms with Gasteiger partial charge in [0.15, 0.2) is 34.5 Å². The second kappa shape index (κ2) is 9.64. The van der Waals surface area contributed by atoms with Gasteiger partial charge in [-0.05, 0) is 54.1 Å². The number of amides is 1. The average Bonchev–Trinajstić information content (AvgIpc) is 3.37. The number of para-hydroxylation sites is 2. The SMILES string of the molecule is COc1cc(/C=N/NC(=O)C2COc3ccccc3O2)ccc1OC(=O)c1ccc2c(c1)OCO2. The number of carbonyl (C=O) groups excluding carboxylic acids is 2. The molecule has 1 unspecified atom stereocenters. The molecule has 10 heteroatoms. The van der Waals surface area contributed by atoms with Crippen molar-refractivity contribution >= 4 is 18.1 Å². The summed E-state index contributed by atoms with van der Waals surface area (Å²) in [4.78, 5) is 24.9. The smallest absolute Gasteiger partial charge is 0.343 e. The van der Waals surface area contributed by atoms with Gasteiger partial charge in [-0.15, -0.1) is 0 Å². The first-order chi connectivity index (χ1) is 17.1. The Kier molecular flexibility index (Phi) is 6.08. The topological polar surface area (TPSA) is 114 Å². The fourth-order valence-corrected chi connectivity index (χ4v) is 3.42. The van der Waals surface area contributed by atoms with Crippen molar-refractivity contribution < 1.29 is 38.0 Å². The van der Waals surface area contributed by atoms with Gasteiger partial charge in [-0.3, -0.25) is 4.79 Å². The van der Waals surface area contributed by atoms with E-state index >= 15 is 0 Å². The van der Waals surface area contributed by atoms with Crippen LogP contribution in [0.15, 0.2) is 65.8 Å². The Morgan fingerprint density at radius 3 is 2.60 bits per heavy atom. The van der Waals surface area contributed by atoms with E-state index in [2.05, 4.69) is 10.5 Å². The molecular weight excluding hydrogens is 456 g/mol. The number of ether oxygens (including phenoxy) is 6. The van der Waals surface area contributed by atoms with Crippen LogP contribution in [0.5, 0.6) is 34.5 Å². The minimum atomic E-state index is -0.824. The highest BCUT2D eigenvalue weighted by molar-refractivity contribution is 5.92. The highest BCUT2D eigenvalue weighted by atomic mass is 16.7. The Morgan fingerprint density at radius 1 is 0.943 bits per heavy atom. The minimum absolute atomic E-state index is 0.0790. The van der Waals surface area contributed by atoms with Crippen LogP contribution in [0.4, 0.5) is 0 Å². The molecule has 35 heavy (non-hydrogen) atoms. The Bertz CT molecular complexity index is 1310. The standard InChI is InChI=1S/C25H20N2O8/c1-30-21-10-15(12-26-27-24(28)23-13-31-17-4-2-3-5-19(17)34-23)6-8-20(21)35-25(29)16-7-9-18-22(11-16)33-14-32-18/h2-12,23H,13-14H2,1H3,(H,27,28)/b26-12+. The Labute approximate surface area is 200 Å². The molecule has 10 nitrogen and oxygen atoms in total. The van der Waals surface area contributed by atoms with Crippen molar-refractivity contribution in [2.75, 3.05) is 20.5 Å². The number of methoxy groups -OCH3 is 1. The van der Waals surface area contributed by atoms with E-state index in [9.17, 15) is 9.59 Å². The first-order valence-electron chi connectivity index (χ1n) is 10.6. The second-order valence-corrected chi connectivity index (χ2v) is 7.47. The number of benzene rings is 3. The number of hydrogen-bond acceptors (Lipinski definition) is 9. The van der Waals surface area contributed by atoms with Crippen LogP contribution in [0.25, 0.3) is 0 Å². The van der Waals surface area contributed by atoms with Crippen molar-refractivity contribution in [3.8, 4) is 34.5 Å². The van der Waals surface area contributed by atoms with Crippen molar-refractivity contribution in [3.05, 3.63) is 71.8 Å². The first kappa shape index (κ1) is 22.1. The Balaban J connectivity index is 1.20. The zero-order chi connectivity index (χ0) is 24.2. The molecule has 3 aromatic carbocycles. The van der Waals surface area contributed by atoms with Crippen LogP contribution in [-0.4, -0.2) is 44.7 Å². The normalized spacial score (nSPS) is 15.5. The number of hydrazone groups is 1. The number of esters is 1. The highest BCUT2D eigenvalue weighted by Crippen LogP contribution is 2.34. The first-order valence-corrected chi connectivity index (χ1v) is 10.6. The lowest BCUT2D eigenvalue weighted by Gasteiger charge is -2.24. The van der Waals surface area contributed by atoms with Gasteiger partial charge in [0.1, 0.15) is 6.61 Å². The lowest BCUT2D eigenvalue weighted by atomic mass is 10.2. The molecule has 1 N–H and O–H groups in total. The van der Waals surface area contributed by atoms with Gasteiger partial charge >= 0.3 is 5.97 Å². The van der Waals surface area contributed by atoms with Gasteiger partial charge in [0.25, 0.3) is 5.91 Å². The molecule has 5 rings (SSSR count). The minimum Gasteiger partial charge on any atom is -0.493 e. The van der Waals surface area contributed by atoms with Crippen LogP contribution < -0.4 is 33.8 Å². The third kappa shape index (κ3) is 4.81. The van der Waals surface area contributed by atoms with Crippen molar-refractivity contribution in [2.45, 2.75) is 6.10 Å². The lowest BCUT2D eigenvalue weighted by molar-refractivity contribution is -0.130. The molecule has 178 valence electrons. The summed E-state index contributed by atoms with van der Waals surface area (Å²) in [6.07, 6.45) is 0.608. The molecule has 0 spiro atoms. The summed E-state index contributed by atoms with van der Waals surface area (Å²) in [5.74, 6) is 1.66. The van der Waals surface area contributed by atoms with Gasteiger partial charge in [-0.2, -0.15) is 5.10 Å². The molecule has 0 saturated heterocycles. The predicted octanol–water partition coefficient (Wildman–Crippen LogP) is 2.93. The Hall–Kier alpha value is -4.73. The van der Waals surface area contributed by atoms with Gasteiger partial charge in [0, 0.05) is 0 Å². The number of hydrogen-bond donors (Lipinski definition) is 1. The zero-order valence-corrected chi connectivity index (χ0v) is 18.6. The predicted molar refractivity (Wildman–Crippen MR) is 123 cm³/mol. The molecule has 0 bridgehead atoms. The molecule has 0 aromatic heterocycles. The van der Waals surface area contributed by atoms with Crippen LogP contribution in [0.1, 0.15) is 15.9 Å².